The summed E-state index contributed by atoms with van der Waals surface area (Å²) in [6, 6.07) is 3.64. The highest BCUT2D eigenvalue weighted by Crippen LogP contribution is 2.20. The number of benzene rings is 1. The van der Waals surface area contributed by atoms with Crippen LogP contribution >= 0.6 is 0 Å². The van der Waals surface area contributed by atoms with Gasteiger partial charge in [0.25, 0.3) is 0 Å². The van der Waals surface area contributed by atoms with E-state index in [0.29, 0.717) is 5.56 Å². The fraction of sp³-hybridized carbons (Fsp3) is 0.364. The van der Waals surface area contributed by atoms with Crippen LogP contribution in [0.4, 0.5) is 17.6 Å². The van der Waals surface area contributed by atoms with Crippen molar-refractivity contribution in [1.29, 1.82) is 0 Å². The number of halogens is 4. The summed E-state index contributed by atoms with van der Waals surface area (Å²) in [5.74, 6) is -1.78. The molecule has 1 aromatic carbocycles. The maximum atomic E-state index is 12.7. The summed E-state index contributed by atoms with van der Waals surface area (Å²) in [6.07, 6.45) is -4.95. The molecule has 0 spiro atoms. The molecule has 0 saturated carbocycles. The highest BCUT2D eigenvalue weighted by Gasteiger charge is 2.29. The average Bonchev–Trinajstić information content (AvgIpc) is 2.24. The van der Waals surface area contributed by atoms with Gasteiger partial charge in [0.15, 0.2) is 0 Å². The van der Waals surface area contributed by atoms with Crippen LogP contribution in [0.25, 0.3) is 0 Å². The maximum absolute atomic E-state index is 12.7. The summed E-state index contributed by atoms with van der Waals surface area (Å²) in [5, 5.41) is 10.7. The van der Waals surface area contributed by atoms with E-state index in [1.54, 1.807) is 0 Å². The Morgan fingerprint density at radius 1 is 1.28 bits per heavy atom. The number of carbonyl (C=O) groups is 1. The van der Waals surface area contributed by atoms with Crippen LogP contribution in [0.1, 0.15) is 18.0 Å². The quantitative estimate of drug-likeness (QED) is 0.804. The van der Waals surface area contributed by atoms with Gasteiger partial charge >= 0.3 is 12.1 Å². The van der Waals surface area contributed by atoms with Crippen LogP contribution in [0, 0.1) is 5.82 Å². The monoisotopic (exact) mass is 265 g/mol. The van der Waals surface area contributed by atoms with Crippen molar-refractivity contribution >= 4 is 5.97 Å². The van der Waals surface area contributed by atoms with Crippen LogP contribution < -0.4 is 5.32 Å². The van der Waals surface area contributed by atoms with Crippen molar-refractivity contribution in [2.24, 2.45) is 0 Å². The normalized spacial score (nSPS) is 13.3. The lowest BCUT2D eigenvalue weighted by Crippen LogP contribution is -2.33. The minimum Gasteiger partial charge on any atom is -0.481 e. The summed E-state index contributed by atoms with van der Waals surface area (Å²) >= 11 is 0. The number of rotatable bonds is 5. The molecule has 1 unspecified atom stereocenters. The Bertz CT molecular complexity index is 402. The molecule has 0 heterocycles. The van der Waals surface area contributed by atoms with Crippen molar-refractivity contribution in [3.05, 3.63) is 35.6 Å². The fourth-order valence-corrected chi connectivity index (χ4v) is 1.42. The summed E-state index contributed by atoms with van der Waals surface area (Å²) in [5.41, 5.74) is 0.294. The SMILES string of the molecule is O=C(O)CC(NCC(F)(F)F)c1ccc(F)cc1. The molecule has 0 saturated heterocycles. The number of alkyl halides is 3. The van der Waals surface area contributed by atoms with E-state index in [1.807, 2.05) is 0 Å². The van der Waals surface area contributed by atoms with Crippen LogP contribution in [0.15, 0.2) is 24.3 Å². The lowest BCUT2D eigenvalue weighted by molar-refractivity contribution is -0.139. The summed E-state index contributed by atoms with van der Waals surface area (Å²) < 4.78 is 48.9. The van der Waals surface area contributed by atoms with Crippen LogP contribution in [0.3, 0.4) is 0 Å². The third-order valence-corrected chi connectivity index (χ3v) is 2.20. The molecular weight excluding hydrogens is 254 g/mol. The van der Waals surface area contributed by atoms with Crippen molar-refractivity contribution in [3.8, 4) is 0 Å². The summed E-state index contributed by atoms with van der Waals surface area (Å²) in [7, 11) is 0. The second-order valence-electron chi connectivity index (χ2n) is 3.70. The summed E-state index contributed by atoms with van der Waals surface area (Å²) in [6.45, 7) is -1.30. The first-order valence-corrected chi connectivity index (χ1v) is 5.05. The molecule has 0 aliphatic rings. The van der Waals surface area contributed by atoms with Crippen LogP contribution in [0.5, 0.6) is 0 Å². The van der Waals surface area contributed by atoms with Crippen molar-refractivity contribution in [1.82, 2.24) is 5.32 Å². The highest BCUT2D eigenvalue weighted by molar-refractivity contribution is 5.67. The van der Waals surface area contributed by atoms with Crippen LogP contribution in [0.2, 0.25) is 0 Å². The second-order valence-corrected chi connectivity index (χ2v) is 3.70. The van der Waals surface area contributed by atoms with E-state index >= 15 is 0 Å². The van der Waals surface area contributed by atoms with E-state index in [0.717, 1.165) is 12.1 Å². The number of carboxylic acid groups (broad SMARTS) is 1. The topological polar surface area (TPSA) is 49.3 Å². The van der Waals surface area contributed by atoms with Gasteiger partial charge in [-0.15, -0.1) is 0 Å². The van der Waals surface area contributed by atoms with Gasteiger partial charge in [-0.1, -0.05) is 12.1 Å². The van der Waals surface area contributed by atoms with Crippen molar-refractivity contribution in [2.75, 3.05) is 6.54 Å². The zero-order valence-electron chi connectivity index (χ0n) is 9.17. The number of hydrogen-bond donors (Lipinski definition) is 2. The van der Waals surface area contributed by atoms with Crippen LogP contribution in [-0.4, -0.2) is 23.8 Å². The minimum absolute atomic E-state index is 0.294. The standard InChI is InChI=1S/C11H11F4NO2/c12-8-3-1-7(2-4-8)9(5-10(17)18)16-6-11(13,14)15/h1-4,9,16H,5-6H2,(H,17,18). The molecule has 1 rings (SSSR count). The number of hydrogen-bond acceptors (Lipinski definition) is 2. The van der Waals surface area contributed by atoms with Gasteiger partial charge in [0.2, 0.25) is 0 Å². The maximum Gasteiger partial charge on any atom is 0.401 e. The number of carboxylic acids is 1. The Kier molecular flexibility index (Phi) is 4.66. The van der Waals surface area contributed by atoms with Gasteiger partial charge < -0.3 is 10.4 Å². The molecule has 18 heavy (non-hydrogen) atoms. The molecule has 0 aliphatic carbocycles. The molecule has 0 fully saturated rings. The van der Waals surface area contributed by atoms with E-state index in [2.05, 4.69) is 5.32 Å². The van der Waals surface area contributed by atoms with E-state index in [9.17, 15) is 22.4 Å². The third kappa shape index (κ3) is 5.13. The largest absolute Gasteiger partial charge is 0.481 e. The van der Waals surface area contributed by atoms with E-state index in [-0.39, 0.29) is 0 Å². The minimum atomic E-state index is -4.43. The molecule has 7 heteroatoms. The Balaban J connectivity index is 2.77. The molecule has 0 radical (unpaired) electrons. The Labute approximate surface area is 100 Å². The highest BCUT2D eigenvalue weighted by atomic mass is 19.4. The Morgan fingerprint density at radius 3 is 2.28 bits per heavy atom. The van der Waals surface area contributed by atoms with Crippen molar-refractivity contribution < 1.29 is 27.5 Å². The molecule has 1 atom stereocenters. The molecule has 2 N–H and O–H groups in total. The first kappa shape index (κ1) is 14.4. The van der Waals surface area contributed by atoms with E-state index in [1.165, 1.54) is 12.1 Å². The molecule has 0 aromatic heterocycles. The molecule has 1 aromatic rings. The lowest BCUT2D eigenvalue weighted by Gasteiger charge is -2.18. The van der Waals surface area contributed by atoms with E-state index in [4.69, 9.17) is 5.11 Å². The Hall–Kier alpha value is -1.63. The first-order valence-electron chi connectivity index (χ1n) is 5.05. The van der Waals surface area contributed by atoms with Crippen molar-refractivity contribution in [3.63, 3.8) is 0 Å². The predicted octanol–water partition coefficient (Wildman–Crippen LogP) is 2.49. The average molecular weight is 265 g/mol. The van der Waals surface area contributed by atoms with Gasteiger partial charge in [0.05, 0.1) is 13.0 Å². The molecule has 0 aliphatic heterocycles. The van der Waals surface area contributed by atoms with Crippen LogP contribution in [-0.2, 0) is 4.79 Å². The van der Waals surface area contributed by atoms with Gasteiger partial charge in [-0.05, 0) is 17.7 Å². The zero-order valence-corrected chi connectivity index (χ0v) is 9.17. The molecule has 0 bridgehead atoms. The zero-order chi connectivity index (χ0) is 13.8. The second kappa shape index (κ2) is 5.81. The predicted molar refractivity (Wildman–Crippen MR) is 55.5 cm³/mol. The third-order valence-electron chi connectivity index (χ3n) is 2.20. The lowest BCUT2D eigenvalue weighted by atomic mass is 10.0. The molecule has 3 nitrogen and oxygen atoms in total. The Morgan fingerprint density at radius 2 is 1.83 bits per heavy atom. The molecule has 0 amide bonds. The van der Waals surface area contributed by atoms with Crippen molar-refractivity contribution in [2.45, 2.75) is 18.6 Å². The number of aliphatic carboxylic acids is 1. The smallest absolute Gasteiger partial charge is 0.401 e. The van der Waals surface area contributed by atoms with Gasteiger partial charge in [-0.2, -0.15) is 13.2 Å². The van der Waals surface area contributed by atoms with Gasteiger partial charge in [0, 0.05) is 6.04 Å². The summed E-state index contributed by atoms with van der Waals surface area (Å²) in [4.78, 5) is 10.6. The first-order chi connectivity index (χ1) is 8.28. The van der Waals surface area contributed by atoms with Gasteiger partial charge in [-0.3, -0.25) is 4.79 Å². The van der Waals surface area contributed by atoms with Gasteiger partial charge in [-0.25, -0.2) is 4.39 Å². The molecular formula is C11H11F4NO2. The van der Waals surface area contributed by atoms with E-state index < -0.39 is 37.0 Å². The van der Waals surface area contributed by atoms with Gasteiger partial charge in [0.1, 0.15) is 5.82 Å². The molecule has 100 valence electrons. The fourth-order valence-electron chi connectivity index (χ4n) is 1.42. The number of nitrogens with one attached hydrogen (secondary N) is 1.